The van der Waals surface area contributed by atoms with E-state index in [4.69, 9.17) is 9.88 Å². The number of aryl methyl sites for hydroxylation is 1. The van der Waals surface area contributed by atoms with E-state index in [1.807, 2.05) is 0 Å². The van der Waals surface area contributed by atoms with Gasteiger partial charge in [-0.3, -0.25) is 0 Å². The molecule has 0 fully saturated rings. The Balaban J connectivity index is 3.47. The summed E-state index contributed by atoms with van der Waals surface area (Å²) in [5.41, 5.74) is 0.229. The van der Waals surface area contributed by atoms with Crippen LogP contribution in [-0.4, -0.2) is 32.7 Å². The molecular formula is C11H16N2O5S. The predicted molar refractivity (Wildman–Crippen MR) is 68.8 cm³/mol. The van der Waals surface area contributed by atoms with Gasteiger partial charge in [-0.05, 0) is 13.0 Å². The summed E-state index contributed by atoms with van der Waals surface area (Å²) in [4.78, 5) is 11.5. The highest BCUT2D eigenvalue weighted by molar-refractivity contribution is 7.89. The van der Waals surface area contributed by atoms with Gasteiger partial charge in [-0.25, -0.2) is 18.4 Å². The van der Waals surface area contributed by atoms with Gasteiger partial charge in [0.25, 0.3) is 0 Å². The molecule has 2 N–H and O–H groups in total. The molecule has 7 nitrogen and oxygen atoms in total. The Bertz CT molecular complexity index is 601. The first kappa shape index (κ1) is 15.3. The van der Waals surface area contributed by atoms with Crippen LogP contribution in [-0.2, 0) is 26.5 Å². The molecule has 0 radical (unpaired) electrons. The third-order valence-corrected chi connectivity index (χ3v) is 3.31. The molecule has 0 aliphatic carbocycles. The summed E-state index contributed by atoms with van der Waals surface area (Å²) in [5, 5.41) is 5.12. The highest BCUT2D eigenvalue weighted by atomic mass is 32.2. The molecule has 0 spiro atoms. The first-order valence-corrected chi connectivity index (χ1v) is 6.96. The number of carbonyl (C=O) groups is 1. The fraction of sp³-hybridized carbons (Fsp3) is 0.364. The van der Waals surface area contributed by atoms with Crippen LogP contribution in [0.5, 0.6) is 0 Å². The van der Waals surface area contributed by atoms with Crippen molar-refractivity contribution in [3.63, 3.8) is 0 Å². The first-order valence-electron chi connectivity index (χ1n) is 5.41. The van der Waals surface area contributed by atoms with Crippen LogP contribution in [0.1, 0.15) is 23.0 Å². The number of hydrogen-bond donors (Lipinski definition) is 1. The van der Waals surface area contributed by atoms with Crippen molar-refractivity contribution in [1.82, 2.24) is 4.57 Å². The van der Waals surface area contributed by atoms with Crippen LogP contribution in [0.3, 0.4) is 0 Å². The lowest BCUT2D eigenvalue weighted by molar-refractivity contribution is 0.0589. The van der Waals surface area contributed by atoms with Crippen molar-refractivity contribution in [2.45, 2.75) is 11.8 Å². The van der Waals surface area contributed by atoms with Crippen LogP contribution in [0.15, 0.2) is 17.4 Å². The molecular weight excluding hydrogens is 272 g/mol. The Hall–Kier alpha value is -1.80. The standard InChI is InChI=1S/C11H16N2O5S/c1-4-18-6-5-8-9(19(12,15)16)7-13(2)10(8)11(14)17-3/h5-7H,4H2,1-3H3,(H2,12,15,16)/b6-5-. The Morgan fingerprint density at radius 1 is 1.53 bits per heavy atom. The number of nitrogens with two attached hydrogens (primary N) is 1. The molecule has 19 heavy (non-hydrogen) atoms. The van der Waals surface area contributed by atoms with E-state index in [9.17, 15) is 13.2 Å². The molecule has 1 aromatic rings. The first-order chi connectivity index (χ1) is 8.82. The third-order valence-electron chi connectivity index (χ3n) is 2.37. The fourth-order valence-corrected chi connectivity index (χ4v) is 2.34. The lowest BCUT2D eigenvalue weighted by Gasteiger charge is -2.03. The van der Waals surface area contributed by atoms with Crippen molar-refractivity contribution in [2.75, 3.05) is 13.7 Å². The molecule has 0 aromatic carbocycles. The van der Waals surface area contributed by atoms with E-state index in [2.05, 4.69) is 4.74 Å². The molecule has 0 atom stereocenters. The summed E-state index contributed by atoms with van der Waals surface area (Å²) in [6, 6.07) is 0. The van der Waals surface area contributed by atoms with Crippen LogP contribution >= 0.6 is 0 Å². The van der Waals surface area contributed by atoms with Crippen LogP contribution in [0.2, 0.25) is 0 Å². The number of primary sulfonamides is 1. The average Bonchev–Trinajstić information content (AvgIpc) is 2.66. The number of methoxy groups -OCH3 is 1. The van der Waals surface area contributed by atoms with Crippen LogP contribution in [0.4, 0.5) is 0 Å². The van der Waals surface area contributed by atoms with E-state index in [0.717, 1.165) is 0 Å². The number of sulfonamides is 1. The van der Waals surface area contributed by atoms with Crippen LogP contribution < -0.4 is 5.14 Å². The second kappa shape index (κ2) is 5.89. The van der Waals surface area contributed by atoms with Crippen LogP contribution in [0, 0.1) is 0 Å². The quantitative estimate of drug-likeness (QED) is 0.627. The number of aromatic nitrogens is 1. The number of ether oxygens (including phenoxy) is 2. The highest BCUT2D eigenvalue weighted by Gasteiger charge is 2.24. The average molecular weight is 288 g/mol. The Morgan fingerprint density at radius 2 is 2.16 bits per heavy atom. The van der Waals surface area contributed by atoms with Gasteiger partial charge in [0.15, 0.2) is 0 Å². The zero-order valence-corrected chi connectivity index (χ0v) is 11.7. The molecule has 0 amide bonds. The minimum absolute atomic E-state index is 0.0856. The molecule has 0 aliphatic heterocycles. The summed E-state index contributed by atoms with van der Waals surface area (Å²) in [6.45, 7) is 2.19. The van der Waals surface area contributed by atoms with Gasteiger partial charge < -0.3 is 14.0 Å². The largest absolute Gasteiger partial charge is 0.501 e. The molecule has 0 bridgehead atoms. The van der Waals surface area contributed by atoms with E-state index in [0.29, 0.717) is 6.61 Å². The van der Waals surface area contributed by atoms with E-state index in [-0.39, 0.29) is 16.2 Å². The fourth-order valence-electron chi connectivity index (χ4n) is 1.57. The number of carbonyl (C=O) groups excluding carboxylic acids is 1. The molecule has 0 saturated heterocycles. The van der Waals surface area contributed by atoms with Gasteiger partial charge in [0, 0.05) is 18.8 Å². The SMILES string of the molecule is CCO/C=C\c1c(S(N)(=O)=O)cn(C)c1C(=O)OC. The van der Waals surface area contributed by atoms with Gasteiger partial charge in [0.2, 0.25) is 10.0 Å². The predicted octanol–water partition coefficient (Wildman–Crippen LogP) is 0.466. The summed E-state index contributed by atoms with van der Waals surface area (Å²) >= 11 is 0. The molecule has 0 aliphatic rings. The van der Waals surface area contributed by atoms with E-state index >= 15 is 0 Å². The summed E-state index contributed by atoms with van der Waals surface area (Å²) < 4.78 is 34.0. The second-order valence-corrected chi connectivity index (χ2v) is 5.19. The minimum atomic E-state index is -3.95. The molecule has 8 heteroatoms. The minimum Gasteiger partial charge on any atom is -0.501 e. The van der Waals surface area contributed by atoms with Crippen molar-refractivity contribution < 1.29 is 22.7 Å². The summed E-state index contributed by atoms with van der Waals surface area (Å²) in [7, 11) is -1.21. The van der Waals surface area contributed by atoms with E-state index in [1.165, 1.54) is 37.3 Å². The van der Waals surface area contributed by atoms with Gasteiger partial charge in [-0.15, -0.1) is 0 Å². The molecule has 0 saturated carbocycles. The topological polar surface area (TPSA) is 101 Å². The van der Waals surface area contributed by atoms with Gasteiger partial charge in [0.05, 0.1) is 20.0 Å². The van der Waals surface area contributed by atoms with Crippen LogP contribution in [0.25, 0.3) is 6.08 Å². The number of nitrogens with zero attached hydrogens (tertiary/aromatic N) is 1. The van der Waals surface area contributed by atoms with E-state index < -0.39 is 16.0 Å². The van der Waals surface area contributed by atoms with Crippen molar-refractivity contribution in [2.24, 2.45) is 12.2 Å². The Labute approximate surface area is 111 Å². The number of hydrogen-bond acceptors (Lipinski definition) is 5. The van der Waals surface area contributed by atoms with Gasteiger partial charge in [0.1, 0.15) is 10.6 Å². The monoisotopic (exact) mass is 288 g/mol. The third kappa shape index (κ3) is 3.36. The Morgan fingerprint density at radius 3 is 2.63 bits per heavy atom. The molecule has 106 valence electrons. The maximum atomic E-state index is 11.7. The highest BCUT2D eigenvalue weighted by Crippen LogP contribution is 2.23. The zero-order chi connectivity index (χ0) is 14.6. The van der Waals surface area contributed by atoms with Gasteiger partial charge >= 0.3 is 5.97 Å². The number of esters is 1. The maximum absolute atomic E-state index is 11.7. The van der Waals surface area contributed by atoms with Crippen molar-refractivity contribution in [1.29, 1.82) is 0 Å². The molecule has 1 aromatic heterocycles. The normalized spacial score (nSPS) is 11.8. The second-order valence-electron chi connectivity index (χ2n) is 3.66. The molecule has 0 unspecified atom stereocenters. The maximum Gasteiger partial charge on any atom is 0.355 e. The molecule has 1 heterocycles. The van der Waals surface area contributed by atoms with E-state index in [1.54, 1.807) is 6.92 Å². The zero-order valence-electron chi connectivity index (χ0n) is 10.9. The number of rotatable bonds is 5. The van der Waals surface area contributed by atoms with Crippen molar-refractivity contribution in [3.05, 3.63) is 23.7 Å². The lowest BCUT2D eigenvalue weighted by Crippen LogP contribution is -2.13. The molecule has 1 rings (SSSR count). The van der Waals surface area contributed by atoms with Crippen molar-refractivity contribution in [3.8, 4) is 0 Å². The summed E-state index contributed by atoms with van der Waals surface area (Å²) in [6.07, 6.45) is 3.93. The Kier molecular flexibility index (Phi) is 4.73. The summed E-state index contributed by atoms with van der Waals surface area (Å²) in [5.74, 6) is -0.659. The van der Waals surface area contributed by atoms with Gasteiger partial charge in [-0.2, -0.15) is 0 Å². The smallest absolute Gasteiger partial charge is 0.355 e. The van der Waals surface area contributed by atoms with Crippen molar-refractivity contribution >= 4 is 22.1 Å². The van der Waals surface area contributed by atoms with Gasteiger partial charge in [-0.1, -0.05) is 0 Å². The lowest BCUT2D eigenvalue weighted by atomic mass is 10.2.